The van der Waals surface area contributed by atoms with E-state index in [4.69, 9.17) is 9.47 Å². The second-order valence-corrected chi connectivity index (χ2v) is 11.6. The number of fused-ring (bicyclic) bond motifs is 1. The molecule has 4 heterocycles. The Morgan fingerprint density at radius 3 is 2.55 bits per heavy atom. The zero-order chi connectivity index (χ0) is 28.4. The predicted octanol–water partition coefficient (Wildman–Crippen LogP) is 7.18. The summed E-state index contributed by atoms with van der Waals surface area (Å²) in [6.45, 7) is 6.80. The van der Waals surface area contributed by atoms with Crippen LogP contribution in [0.25, 0.3) is 10.2 Å². The Morgan fingerprint density at radius 2 is 1.85 bits per heavy atom. The molecule has 1 aliphatic rings. The monoisotopic (exact) mass is 564 g/mol. The number of aromatic nitrogens is 2. The topological polar surface area (TPSA) is 114 Å². The third-order valence-corrected chi connectivity index (χ3v) is 7.70. The molecular formula is C29H29FN4O5S. The number of nitrogens with zero attached hydrogens (tertiary/aromatic N) is 3. The largest absolute Gasteiger partial charge is 0.478 e. The van der Waals surface area contributed by atoms with Gasteiger partial charge in [0, 0.05) is 48.2 Å². The number of benzene rings is 1. The molecule has 1 amide bonds. The minimum absolute atomic E-state index is 0.0218. The van der Waals surface area contributed by atoms with Crippen LogP contribution in [0, 0.1) is 5.82 Å². The lowest BCUT2D eigenvalue weighted by molar-refractivity contribution is 0.0205. The van der Waals surface area contributed by atoms with Gasteiger partial charge in [0.2, 0.25) is 0 Å². The number of pyridine rings is 2. The van der Waals surface area contributed by atoms with E-state index < -0.39 is 17.4 Å². The molecular weight excluding hydrogens is 535 g/mol. The molecule has 1 aliphatic heterocycles. The smallest absolute Gasteiger partial charge is 0.410 e. The molecule has 9 nitrogen and oxygen atoms in total. The van der Waals surface area contributed by atoms with Crippen LogP contribution in [0.15, 0.2) is 54.9 Å². The number of piperidine rings is 1. The number of thiophene rings is 1. The Kier molecular flexibility index (Phi) is 7.57. The number of hydrogen-bond acceptors (Lipinski definition) is 8. The molecule has 3 aromatic heterocycles. The van der Waals surface area contributed by atoms with Crippen LogP contribution in [0.4, 0.5) is 20.7 Å². The first-order chi connectivity index (χ1) is 19.1. The van der Waals surface area contributed by atoms with Gasteiger partial charge in [-0.3, -0.25) is 4.98 Å². The maximum atomic E-state index is 15.0. The molecule has 1 saturated heterocycles. The maximum absolute atomic E-state index is 15.0. The van der Waals surface area contributed by atoms with Gasteiger partial charge in [0.15, 0.2) is 11.6 Å². The van der Waals surface area contributed by atoms with E-state index in [1.165, 1.54) is 30.5 Å². The van der Waals surface area contributed by atoms with Crippen molar-refractivity contribution in [3.05, 3.63) is 71.1 Å². The van der Waals surface area contributed by atoms with Gasteiger partial charge in [-0.05, 0) is 69.9 Å². The summed E-state index contributed by atoms with van der Waals surface area (Å²) in [5.74, 6) is -0.851. The molecule has 0 unspecified atom stereocenters. The molecule has 1 aromatic carbocycles. The molecule has 11 heteroatoms. The highest BCUT2D eigenvalue weighted by Crippen LogP contribution is 2.41. The summed E-state index contributed by atoms with van der Waals surface area (Å²) in [6, 6.07) is 11.0. The number of carbonyl (C=O) groups is 2. The van der Waals surface area contributed by atoms with Gasteiger partial charge in [0.25, 0.3) is 0 Å². The molecule has 2 N–H and O–H groups in total. The Bertz CT molecular complexity index is 1560. The van der Waals surface area contributed by atoms with Gasteiger partial charge in [-0.25, -0.2) is 19.0 Å². The van der Waals surface area contributed by atoms with E-state index in [9.17, 15) is 14.7 Å². The molecule has 0 atom stereocenters. The third-order valence-electron chi connectivity index (χ3n) is 6.40. The summed E-state index contributed by atoms with van der Waals surface area (Å²) in [5, 5.41) is 12.2. The third kappa shape index (κ3) is 6.15. The molecule has 5 rings (SSSR count). The number of carbonyl (C=O) groups excluding carboxylic acids is 1. The molecule has 4 aromatic rings. The van der Waals surface area contributed by atoms with E-state index >= 15 is 4.39 Å². The highest BCUT2D eigenvalue weighted by molar-refractivity contribution is 7.19. The van der Waals surface area contributed by atoms with Crippen LogP contribution in [0.1, 0.15) is 54.8 Å². The second kappa shape index (κ2) is 11.1. The van der Waals surface area contributed by atoms with Gasteiger partial charge < -0.3 is 24.8 Å². The fourth-order valence-corrected chi connectivity index (χ4v) is 5.72. The Labute approximate surface area is 234 Å². The summed E-state index contributed by atoms with van der Waals surface area (Å²) in [6.07, 6.45) is 4.42. The van der Waals surface area contributed by atoms with Crippen molar-refractivity contribution in [2.45, 2.75) is 45.1 Å². The van der Waals surface area contributed by atoms with Crippen molar-refractivity contribution in [2.24, 2.45) is 0 Å². The number of likely N-dealkylation sites (tertiary alicyclic amines) is 1. The van der Waals surface area contributed by atoms with E-state index in [1.807, 2.05) is 26.8 Å². The summed E-state index contributed by atoms with van der Waals surface area (Å²) in [7, 11) is 0. The average Bonchev–Trinajstić information content (AvgIpc) is 3.35. The maximum Gasteiger partial charge on any atom is 0.410 e. The highest BCUT2D eigenvalue weighted by Gasteiger charge is 2.28. The van der Waals surface area contributed by atoms with E-state index in [0.717, 1.165) is 27.9 Å². The van der Waals surface area contributed by atoms with E-state index in [0.29, 0.717) is 24.5 Å². The van der Waals surface area contributed by atoms with Gasteiger partial charge in [0.05, 0.1) is 10.2 Å². The zero-order valence-corrected chi connectivity index (χ0v) is 23.1. The van der Waals surface area contributed by atoms with E-state index in [-0.39, 0.29) is 29.1 Å². The van der Waals surface area contributed by atoms with Crippen molar-refractivity contribution in [1.29, 1.82) is 0 Å². The predicted molar refractivity (Wildman–Crippen MR) is 150 cm³/mol. The lowest BCUT2D eigenvalue weighted by atomic mass is 9.95. The van der Waals surface area contributed by atoms with Gasteiger partial charge in [-0.1, -0.05) is 0 Å². The fraction of sp³-hybridized carbons (Fsp3) is 0.310. The molecule has 0 radical (unpaired) electrons. The molecule has 0 bridgehead atoms. The Hall–Kier alpha value is -4.25. The quantitative estimate of drug-likeness (QED) is 0.253. The number of carboxylic acid groups (broad SMARTS) is 1. The SMILES string of the molecule is CC(C)(C)OC(=O)N1CCC(c2cc3nccc(Oc4ccc(Nc5ncccc5C(=O)O)cc4F)c3s2)CC1. The van der Waals surface area contributed by atoms with Crippen molar-refractivity contribution < 1.29 is 28.6 Å². The summed E-state index contributed by atoms with van der Waals surface area (Å²) < 4.78 is 27.3. The van der Waals surface area contributed by atoms with E-state index in [1.54, 1.807) is 34.6 Å². The standard InChI is InChI=1S/C29H29FN4O5S/c1-29(2,3)39-28(37)34-13-9-17(10-14-34)24-16-21-25(40-24)23(8-12-31-21)38-22-7-6-18(15-20(22)30)33-26-19(27(35)36)5-4-11-32-26/h4-8,11-12,15-17H,9-10,13-14H2,1-3H3,(H,32,33)(H,35,36). The first-order valence-corrected chi connectivity index (χ1v) is 13.7. The first-order valence-electron chi connectivity index (χ1n) is 12.9. The highest BCUT2D eigenvalue weighted by atomic mass is 32.1. The molecule has 0 saturated carbocycles. The summed E-state index contributed by atoms with van der Waals surface area (Å²) in [5.41, 5.74) is 0.552. The molecule has 0 aliphatic carbocycles. The summed E-state index contributed by atoms with van der Waals surface area (Å²) in [4.78, 5) is 35.3. The number of halogens is 1. The van der Waals surface area contributed by atoms with Gasteiger partial charge >= 0.3 is 12.1 Å². The lowest BCUT2D eigenvalue weighted by Gasteiger charge is -2.33. The summed E-state index contributed by atoms with van der Waals surface area (Å²) >= 11 is 1.56. The Morgan fingerprint density at radius 1 is 1.07 bits per heavy atom. The molecule has 0 spiro atoms. The van der Waals surface area contributed by atoms with Gasteiger partial charge in [-0.15, -0.1) is 11.3 Å². The normalized spacial score (nSPS) is 14.2. The first kappa shape index (κ1) is 27.3. The number of anilines is 2. The number of hydrogen-bond donors (Lipinski definition) is 2. The molecule has 40 heavy (non-hydrogen) atoms. The van der Waals surface area contributed by atoms with Crippen LogP contribution >= 0.6 is 11.3 Å². The van der Waals surface area contributed by atoms with Gasteiger partial charge in [0.1, 0.15) is 22.7 Å². The molecule has 208 valence electrons. The van der Waals surface area contributed by atoms with Crippen LogP contribution in [0.2, 0.25) is 0 Å². The minimum atomic E-state index is -1.14. The number of amides is 1. The minimum Gasteiger partial charge on any atom is -0.478 e. The second-order valence-electron chi connectivity index (χ2n) is 10.5. The average molecular weight is 565 g/mol. The number of aromatic carboxylic acids is 1. The van der Waals surface area contributed by atoms with Crippen molar-refractivity contribution in [3.8, 4) is 11.5 Å². The van der Waals surface area contributed by atoms with Crippen LogP contribution in [-0.2, 0) is 4.74 Å². The van der Waals surface area contributed by atoms with Gasteiger partial charge in [-0.2, -0.15) is 0 Å². The number of nitrogens with one attached hydrogen (secondary N) is 1. The van der Waals surface area contributed by atoms with Crippen molar-refractivity contribution in [1.82, 2.24) is 14.9 Å². The number of carboxylic acids is 1. The molecule has 1 fully saturated rings. The fourth-order valence-electron chi connectivity index (χ4n) is 4.48. The van der Waals surface area contributed by atoms with Crippen molar-refractivity contribution >= 4 is 45.1 Å². The zero-order valence-electron chi connectivity index (χ0n) is 22.3. The Balaban J connectivity index is 1.29. The number of ether oxygens (including phenoxy) is 2. The van der Waals surface area contributed by atoms with Crippen LogP contribution in [-0.4, -0.2) is 50.7 Å². The van der Waals surface area contributed by atoms with Crippen LogP contribution < -0.4 is 10.1 Å². The van der Waals surface area contributed by atoms with Crippen LogP contribution in [0.5, 0.6) is 11.5 Å². The number of rotatable bonds is 6. The van der Waals surface area contributed by atoms with Crippen molar-refractivity contribution in [3.63, 3.8) is 0 Å². The van der Waals surface area contributed by atoms with E-state index in [2.05, 4.69) is 15.3 Å². The lowest BCUT2D eigenvalue weighted by Crippen LogP contribution is -2.41. The van der Waals surface area contributed by atoms with Crippen LogP contribution in [0.3, 0.4) is 0 Å². The van der Waals surface area contributed by atoms with Crippen molar-refractivity contribution in [2.75, 3.05) is 18.4 Å².